The van der Waals surface area contributed by atoms with Gasteiger partial charge in [0.2, 0.25) is 0 Å². The van der Waals surface area contributed by atoms with Crippen molar-refractivity contribution in [2.45, 2.75) is 135 Å². The van der Waals surface area contributed by atoms with Gasteiger partial charge in [0.15, 0.2) is 0 Å². The number of fused-ring (bicyclic) bond motifs is 9. The highest BCUT2D eigenvalue weighted by Gasteiger charge is 2.43. The average molecular weight is 663 g/mol. The minimum Gasteiger partial charge on any atom is -0.363 e. The number of nitrogens with one attached hydrogen (secondary N) is 1. The van der Waals surface area contributed by atoms with Crippen molar-refractivity contribution in [3.05, 3.63) is 63.2 Å². The van der Waals surface area contributed by atoms with E-state index in [4.69, 9.17) is 9.97 Å². The molecule has 7 rings (SSSR count). The highest BCUT2D eigenvalue weighted by Crippen LogP contribution is 2.43. The molecule has 4 aliphatic rings. The van der Waals surface area contributed by atoms with Gasteiger partial charge in [-0.15, -0.1) is 0 Å². The van der Waals surface area contributed by atoms with E-state index in [0.717, 1.165) is 87.6 Å². The zero-order valence-corrected chi connectivity index (χ0v) is 29.9. The van der Waals surface area contributed by atoms with Crippen LogP contribution in [0.25, 0.3) is 11.0 Å². The monoisotopic (exact) mass is 662 g/mol. The Morgan fingerprint density at radius 2 is 1.56 bits per heavy atom. The third-order valence-electron chi connectivity index (χ3n) is 11.7. The number of nitrogens with zero attached hydrogens (tertiary/aromatic N) is 5. The number of alkyl halides is 2. The van der Waals surface area contributed by atoms with Gasteiger partial charge in [0, 0.05) is 41.2 Å². The lowest BCUT2D eigenvalue weighted by molar-refractivity contribution is -0.0883. The highest BCUT2D eigenvalue weighted by atomic mass is 19.3. The van der Waals surface area contributed by atoms with Crippen LogP contribution < -0.4 is 10.9 Å². The number of likely N-dealkylation sites (tertiary alicyclic amines) is 1. The molecule has 48 heavy (non-hydrogen) atoms. The number of benzene rings is 1. The fourth-order valence-electron chi connectivity index (χ4n) is 8.48. The van der Waals surface area contributed by atoms with E-state index >= 15 is 8.78 Å². The van der Waals surface area contributed by atoms with E-state index in [-0.39, 0.29) is 29.1 Å². The van der Waals surface area contributed by atoms with E-state index in [1.165, 1.54) is 0 Å². The van der Waals surface area contributed by atoms with Crippen LogP contribution in [0.1, 0.15) is 133 Å². The smallest absolute Gasteiger partial charge is 0.276 e. The van der Waals surface area contributed by atoms with Gasteiger partial charge in [-0.1, -0.05) is 37.5 Å². The Morgan fingerprint density at radius 3 is 2.25 bits per heavy atom. The Hall–Kier alpha value is -2.91. The number of pyridine rings is 1. The van der Waals surface area contributed by atoms with E-state index in [2.05, 4.69) is 42.8 Å². The van der Waals surface area contributed by atoms with Gasteiger partial charge in [-0.2, -0.15) is 0 Å². The first-order valence-electron chi connectivity index (χ1n) is 18.6. The van der Waals surface area contributed by atoms with E-state index in [1.54, 1.807) is 18.2 Å². The van der Waals surface area contributed by atoms with Crippen LogP contribution >= 0.6 is 0 Å². The van der Waals surface area contributed by atoms with Crippen molar-refractivity contribution >= 4 is 16.9 Å². The number of aryl methyl sites for hydroxylation is 1. The van der Waals surface area contributed by atoms with Gasteiger partial charge in [0.1, 0.15) is 17.3 Å². The van der Waals surface area contributed by atoms with Crippen molar-refractivity contribution in [1.29, 1.82) is 0 Å². The Labute approximate surface area is 285 Å². The molecule has 6 heterocycles. The maximum absolute atomic E-state index is 16.1. The number of piperidine rings is 2. The summed E-state index contributed by atoms with van der Waals surface area (Å²) in [5.74, 6) is -2.16. The molecule has 262 valence electrons. The summed E-state index contributed by atoms with van der Waals surface area (Å²) in [6, 6.07) is 9.54. The Morgan fingerprint density at radius 1 is 0.875 bits per heavy atom. The van der Waals surface area contributed by atoms with E-state index in [1.807, 2.05) is 30.5 Å². The summed E-state index contributed by atoms with van der Waals surface area (Å²) >= 11 is 0. The minimum atomic E-state index is -2.89. The second-order valence-corrected chi connectivity index (χ2v) is 15.3. The zero-order valence-electron chi connectivity index (χ0n) is 29.9. The van der Waals surface area contributed by atoms with Crippen molar-refractivity contribution in [2.24, 2.45) is 5.92 Å². The van der Waals surface area contributed by atoms with Gasteiger partial charge in [0.05, 0.1) is 5.39 Å². The third-order valence-corrected chi connectivity index (χ3v) is 11.7. The second kappa shape index (κ2) is 14.5. The molecule has 2 aromatic heterocycles. The van der Waals surface area contributed by atoms with Gasteiger partial charge in [-0.05, 0) is 130 Å². The van der Waals surface area contributed by atoms with Gasteiger partial charge >= 0.3 is 0 Å². The van der Waals surface area contributed by atoms with Crippen LogP contribution in [0, 0.1) is 12.8 Å². The first kappa shape index (κ1) is 34.9. The molecule has 9 heteroatoms. The number of aromatic nitrogens is 3. The molecule has 2 saturated heterocycles. The number of anilines is 1. The van der Waals surface area contributed by atoms with Crippen LogP contribution in [-0.4, -0.2) is 62.6 Å². The SMILES string of the molecule is Cc1nc2c3cc(C4CCN(C(C)C)CC4)c(=O)n(c3n1)C(C)CCCCCC(C)N1CCC(CC1)C(F)(F)c1cccc(c1)[C@@H](C)N2. The maximum Gasteiger partial charge on any atom is 0.276 e. The molecule has 1 aromatic carbocycles. The number of hydrogen-bond donors (Lipinski definition) is 1. The van der Waals surface area contributed by atoms with Crippen molar-refractivity contribution in [2.75, 3.05) is 31.5 Å². The molecule has 3 aromatic rings. The predicted molar refractivity (Wildman–Crippen MR) is 191 cm³/mol. The highest BCUT2D eigenvalue weighted by molar-refractivity contribution is 5.87. The molecule has 7 nitrogen and oxygen atoms in total. The van der Waals surface area contributed by atoms with Crippen LogP contribution in [0.5, 0.6) is 0 Å². The lowest BCUT2D eigenvalue weighted by Crippen LogP contribution is -2.43. The molecule has 2 unspecified atom stereocenters. The molecule has 3 atom stereocenters. The number of rotatable bonds is 2. The Bertz CT molecular complexity index is 1620. The summed E-state index contributed by atoms with van der Waals surface area (Å²) in [5, 5.41) is 4.41. The molecule has 0 amide bonds. The zero-order chi connectivity index (χ0) is 34.2. The van der Waals surface area contributed by atoms with E-state index < -0.39 is 11.8 Å². The van der Waals surface area contributed by atoms with Crippen molar-refractivity contribution in [3.63, 3.8) is 0 Å². The maximum atomic E-state index is 16.1. The Kier molecular flexibility index (Phi) is 10.6. The summed E-state index contributed by atoms with van der Waals surface area (Å²) in [4.78, 5) is 29.1. The van der Waals surface area contributed by atoms with Gasteiger partial charge in [-0.3, -0.25) is 9.36 Å². The lowest BCUT2D eigenvalue weighted by atomic mass is 9.85. The van der Waals surface area contributed by atoms with Crippen LogP contribution in [-0.2, 0) is 5.92 Å². The molecule has 0 aliphatic carbocycles. The third kappa shape index (κ3) is 7.18. The quantitative estimate of drug-likeness (QED) is 0.297. The van der Waals surface area contributed by atoms with Crippen LogP contribution in [0.3, 0.4) is 0 Å². The molecule has 0 spiro atoms. The van der Waals surface area contributed by atoms with Gasteiger partial charge < -0.3 is 15.1 Å². The summed E-state index contributed by atoms with van der Waals surface area (Å²) < 4.78 is 34.1. The van der Waals surface area contributed by atoms with E-state index in [9.17, 15) is 4.79 Å². The summed E-state index contributed by atoms with van der Waals surface area (Å²) in [6.45, 7) is 16.1. The van der Waals surface area contributed by atoms with Crippen LogP contribution in [0.4, 0.5) is 14.6 Å². The predicted octanol–water partition coefficient (Wildman–Crippen LogP) is 8.58. The number of hydrogen-bond acceptors (Lipinski definition) is 6. The van der Waals surface area contributed by atoms with Crippen LogP contribution in [0.2, 0.25) is 0 Å². The van der Waals surface area contributed by atoms with E-state index in [0.29, 0.717) is 42.2 Å². The molecular formula is C39H56F2N6O. The van der Waals surface area contributed by atoms with Crippen molar-refractivity contribution in [1.82, 2.24) is 24.3 Å². The fraction of sp³-hybridized carbons (Fsp3) is 0.667. The first-order valence-corrected chi connectivity index (χ1v) is 18.6. The molecule has 0 radical (unpaired) electrons. The topological polar surface area (TPSA) is 66.3 Å². The molecule has 0 saturated carbocycles. The number of halogens is 2. The second-order valence-electron chi connectivity index (χ2n) is 15.3. The average Bonchev–Trinajstić information content (AvgIpc) is 3.07. The first-order chi connectivity index (χ1) is 22.9. The fourth-order valence-corrected chi connectivity index (χ4v) is 8.48. The summed E-state index contributed by atoms with van der Waals surface area (Å²) in [5.41, 5.74) is 2.45. The lowest BCUT2D eigenvalue weighted by Gasteiger charge is -2.39. The minimum absolute atomic E-state index is 0.0141. The molecule has 8 bridgehead atoms. The standard InChI is InChI=1S/C39H56F2N6O/c1-25(2)45-19-15-30(16-20-45)34-24-35-36-42-28(5)31-13-10-14-33(23-31)39(40,41)32-17-21-46(22-18-32)26(3)11-8-7-9-12-27(4)47(38(34)48)37(35)44-29(6)43-36/h10,13-14,23-28,30,32H,7-9,11-12,15-22H2,1-6H3,(H,42,43,44)/t26?,27?,28-/m1/s1. The van der Waals surface area contributed by atoms with Gasteiger partial charge in [-0.25, -0.2) is 18.7 Å². The molecule has 1 N–H and O–H groups in total. The van der Waals surface area contributed by atoms with Crippen LogP contribution in [0.15, 0.2) is 35.1 Å². The van der Waals surface area contributed by atoms with Crippen molar-refractivity contribution < 1.29 is 8.78 Å². The molecule has 2 fully saturated rings. The largest absolute Gasteiger partial charge is 0.363 e. The molecular weight excluding hydrogens is 606 g/mol. The molecule has 4 aliphatic heterocycles. The normalized spacial score (nSPS) is 28.0. The summed E-state index contributed by atoms with van der Waals surface area (Å²) in [6.07, 6.45) is 8.05. The van der Waals surface area contributed by atoms with Crippen molar-refractivity contribution in [3.8, 4) is 0 Å². The van der Waals surface area contributed by atoms with Gasteiger partial charge in [0.25, 0.3) is 11.5 Å². The Balaban J connectivity index is 1.42. The summed E-state index contributed by atoms with van der Waals surface area (Å²) in [7, 11) is 0.